The second-order valence-corrected chi connectivity index (χ2v) is 6.66. The highest BCUT2D eigenvalue weighted by atomic mass is 79.9. The molecule has 2 unspecified atom stereocenters. The number of alkyl halides is 1. The maximum absolute atomic E-state index is 13.7. The number of likely N-dealkylation sites (tertiary alicyclic amines) is 1. The Balaban J connectivity index is 2.22. The summed E-state index contributed by atoms with van der Waals surface area (Å²) in [5.41, 5.74) is 0.137. The number of rotatable bonds is 1. The minimum atomic E-state index is -0.469. The summed E-state index contributed by atoms with van der Waals surface area (Å²) in [6.45, 7) is 3.42. The van der Waals surface area contributed by atoms with Gasteiger partial charge in [-0.2, -0.15) is 0 Å². The zero-order valence-electron chi connectivity index (χ0n) is 10.00. The molecule has 5 heteroatoms. The molecule has 1 fully saturated rings. The van der Waals surface area contributed by atoms with E-state index in [1.165, 1.54) is 6.07 Å². The molecule has 98 valence electrons. The number of carbonyl (C=O) groups is 1. The molecule has 0 aliphatic carbocycles. The number of piperidine rings is 1. The van der Waals surface area contributed by atoms with Crippen molar-refractivity contribution in [3.05, 3.63) is 34.1 Å². The summed E-state index contributed by atoms with van der Waals surface area (Å²) in [7, 11) is 0. The summed E-state index contributed by atoms with van der Waals surface area (Å²) in [5, 5.41) is 0. The van der Waals surface area contributed by atoms with Crippen LogP contribution in [0.2, 0.25) is 0 Å². The van der Waals surface area contributed by atoms with Crippen LogP contribution in [0.15, 0.2) is 22.7 Å². The van der Waals surface area contributed by atoms with Gasteiger partial charge < -0.3 is 4.90 Å². The Bertz CT molecular complexity index is 446. The molecule has 0 N–H and O–H groups in total. The highest BCUT2D eigenvalue weighted by Gasteiger charge is 2.29. The van der Waals surface area contributed by atoms with E-state index in [9.17, 15) is 9.18 Å². The molecular formula is C13H14Br2FNO. The summed E-state index contributed by atoms with van der Waals surface area (Å²) in [5.74, 6) is -0.317. The second-order valence-electron chi connectivity index (χ2n) is 4.63. The molecule has 1 aliphatic heterocycles. The zero-order chi connectivity index (χ0) is 13.3. The summed E-state index contributed by atoms with van der Waals surface area (Å²) >= 11 is 6.84. The van der Waals surface area contributed by atoms with E-state index in [1.54, 1.807) is 17.0 Å². The predicted octanol–water partition coefficient (Wildman–Crippen LogP) is 3.83. The van der Waals surface area contributed by atoms with Crippen LogP contribution in [0.4, 0.5) is 4.39 Å². The molecule has 0 bridgehead atoms. The van der Waals surface area contributed by atoms with Gasteiger partial charge in [0.15, 0.2) is 0 Å². The Morgan fingerprint density at radius 1 is 1.50 bits per heavy atom. The van der Waals surface area contributed by atoms with Crippen molar-refractivity contribution >= 4 is 37.8 Å². The quantitative estimate of drug-likeness (QED) is 0.680. The molecule has 18 heavy (non-hydrogen) atoms. The number of amides is 1. The van der Waals surface area contributed by atoms with E-state index in [2.05, 4.69) is 38.8 Å². The van der Waals surface area contributed by atoms with Gasteiger partial charge in [0.2, 0.25) is 0 Å². The molecule has 1 aromatic carbocycles. The van der Waals surface area contributed by atoms with Crippen molar-refractivity contribution in [1.82, 2.24) is 4.90 Å². The van der Waals surface area contributed by atoms with Crippen molar-refractivity contribution in [2.75, 3.05) is 13.1 Å². The van der Waals surface area contributed by atoms with Crippen LogP contribution >= 0.6 is 31.9 Å². The molecule has 1 aromatic rings. The van der Waals surface area contributed by atoms with Crippen LogP contribution in [0.25, 0.3) is 0 Å². The lowest BCUT2D eigenvalue weighted by atomic mass is 9.99. The van der Waals surface area contributed by atoms with Gasteiger partial charge in [-0.25, -0.2) is 4.39 Å². The Labute approximate surface area is 123 Å². The van der Waals surface area contributed by atoms with Crippen molar-refractivity contribution in [3.63, 3.8) is 0 Å². The summed E-state index contributed by atoms with van der Waals surface area (Å²) in [6, 6.07) is 4.60. The van der Waals surface area contributed by atoms with E-state index in [-0.39, 0.29) is 11.5 Å². The molecule has 1 heterocycles. The molecule has 0 radical (unpaired) electrons. The molecule has 2 rings (SSSR count). The third kappa shape index (κ3) is 2.77. The van der Waals surface area contributed by atoms with Gasteiger partial charge in [0.1, 0.15) is 5.82 Å². The third-order valence-electron chi connectivity index (χ3n) is 3.26. The maximum Gasteiger partial charge on any atom is 0.257 e. The van der Waals surface area contributed by atoms with E-state index >= 15 is 0 Å². The molecule has 1 aliphatic rings. The van der Waals surface area contributed by atoms with Crippen molar-refractivity contribution in [2.45, 2.75) is 18.2 Å². The molecular weight excluding hydrogens is 365 g/mol. The van der Waals surface area contributed by atoms with Gasteiger partial charge in [-0.05, 0) is 40.4 Å². The molecule has 2 nitrogen and oxygen atoms in total. The Kier molecular flexibility index (Phi) is 4.43. The van der Waals surface area contributed by atoms with Crippen LogP contribution in [-0.4, -0.2) is 28.7 Å². The van der Waals surface area contributed by atoms with Gasteiger partial charge in [-0.1, -0.05) is 28.9 Å². The lowest BCUT2D eigenvalue weighted by molar-refractivity contribution is 0.0684. The number of nitrogens with zero attached hydrogens (tertiary/aromatic N) is 1. The smallest absolute Gasteiger partial charge is 0.257 e. The molecule has 1 saturated heterocycles. The average Bonchev–Trinajstić information content (AvgIpc) is 2.32. The van der Waals surface area contributed by atoms with Gasteiger partial charge in [-0.15, -0.1) is 0 Å². The summed E-state index contributed by atoms with van der Waals surface area (Å²) in [4.78, 5) is 14.5. The average molecular weight is 379 g/mol. The van der Waals surface area contributed by atoms with E-state index < -0.39 is 5.82 Å². The number of halogens is 3. The number of hydrogen-bond donors (Lipinski definition) is 0. The molecule has 2 atom stereocenters. The van der Waals surface area contributed by atoms with Crippen LogP contribution in [0, 0.1) is 11.7 Å². The number of benzene rings is 1. The van der Waals surface area contributed by atoms with Crippen LogP contribution in [0.1, 0.15) is 23.7 Å². The minimum absolute atomic E-state index is 0.137. The fourth-order valence-electron chi connectivity index (χ4n) is 2.16. The first-order valence-corrected chi connectivity index (χ1v) is 7.59. The van der Waals surface area contributed by atoms with E-state index in [0.717, 1.165) is 6.42 Å². The molecule has 0 spiro atoms. The van der Waals surface area contributed by atoms with Gasteiger partial charge in [0.25, 0.3) is 5.91 Å². The predicted molar refractivity (Wildman–Crippen MR) is 76.5 cm³/mol. The lowest BCUT2D eigenvalue weighted by Gasteiger charge is -2.34. The SMILES string of the molecule is CC1CN(C(=O)c2c(F)cccc2Br)CCC1Br. The van der Waals surface area contributed by atoms with E-state index in [4.69, 9.17) is 0 Å². The lowest BCUT2D eigenvalue weighted by Crippen LogP contribution is -2.43. The van der Waals surface area contributed by atoms with Crippen LogP contribution in [0.5, 0.6) is 0 Å². The van der Waals surface area contributed by atoms with Crippen molar-refractivity contribution < 1.29 is 9.18 Å². The second kappa shape index (κ2) is 5.70. The monoisotopic (exact) mass is 377 g/mol. The van der Waals surface area contributed by atoms with Gasteiger partial charge in [-0.3, -0.25) is 4.79 Å². The van der Waals surface area contributed by atoms with E-state index in [1.807, 2.05) is 0 Å². The maximum atomic E-state index is 13.7. The molecule has 0 aromatic heterocycles. The van der Waals surface area contributed by atoms with Crippen molar-refractivity contribution in [1.29, 1.82) is 0 Å². The van der Waals surface area contributed by atoms with Gasteiger partial charge in [0, 0.05) is 22.4 Å². The standard InChI is InChI=1S/C13H14Br2FNO/c1-8-7-17(6-5-9(8)14)13(18)12-10(15)3-2-4-11(12)16/h2-4,8-9H,5-7H2,1H3. The highest BCUT2D eigenvalue weighted by molar-refractivity contribution is 9.10. The van der Waals surface area contributed by atoms with Crippen LogP contribution < -0.4 is 0 Å². The summed E-state index contributed by atoms with van der Waals surface area (Å²) in [6.07, 6.45) is 0.902. The highest BCUT2D eigenvalue weighted by Crippen LogP contribution is 2.27. The van der Waals surface area contributed by atoms with Crippen molar-refractivity contribution in [3.8, 4) is 0 Å². The first-order valence-electron chi connectivity index (χ1n) is 5.88. The van der Waals surface area contributed by atoms with Crippen LogP contribution in [0.3, 0.4) is 0 Å². The van der Waals surface area contributed by atoms with Crippen LogP contribution in [-0.2, 0) is 0 Å². The topological polar surface area (TPSA) is 20.3 Å². The minimum Gasteiger partial charge on any atom is -0.338 e. The first-order chi connectivity index (χ1) is 8.50. The summed E-state index contributed by atoms with van der Waals surface area (Å²) < 4.78 is 14.3. The Morgan fingerprint density at radius 2 is 2.22 bits per heavy atom. The van der Waals surface area contributed by atoms with Gasteiger partial charge in [0.05, 0.1) is 5.56 Å². The molecule has 1 amide bonds. The largest absolute Gasteiger partial charge is 0.338 e. The van der Waals surface area contributed by atoms with Crippen molar-refractivity contribution in [2.24, 2.45) is 5.92 Å². The fraction of sp³-hybridized carbons (Fsp3) is 0.462. The Hall–Kier alpha value is -0.420. The molecule has 0 saturated carbocycles. The first kappa shape index (κ1) is 14.0. The normalized spacial score (nSPS) is 24.1. The fourth-order valence-corrected chi connectivity index (χ4v) is 3.05. The third-order valence-corrected chi connectivity index (χ3v) is 5.29. The number of hydrogen-bond acceptors (Lipinski definition) is 1. The zero-order valence-corrected chi connectivity index (χ0v) is 13.2. The van der Waals surface area contributed by atoms with E-state index in [0.29, 0.717) is 28.3 Å². The number of carbonyl (C=O) groups excluding carboxylic acids is 1. The Morgan fingerprint density at radius 3 is 2.83 bits per heavy atom. The van der Waals surface area contributed by atoms with Gasteiger partial charge >= 0.3 is 0 Å².